The van der Waals surface area contributed by atoms with Gasteiger partial charge < -0.3 is 0 Å². The van der Waals surface area contributed by atoms with Gasteiger partial charge in [-0.1, -0.05) is 12.1 Å². The molecule has 0 heterocycles. The van der Waals surface area contributed by atoms with Crippen LogP contribution in [0.4, 0.5) is 8.78 Å². The SMILES string of the molecule is Fc1[c]cccc1F.[LiH]. The van der Waals surface area contributed by atoms with E-state index in [0.717, 1.165) is 6.07 Å². The van der Waals surface area contributed by atoms with E-state index in [0.29, 0.717) is 0 Å². The first-order valence-electron chi connectivity index (χ1n) is 2.12. The van der Waals surface area contributed by atoms with Crippen molar-refractivity contribution in [3.8, 4) is 0 Å². The maximum absolute atomic E-state index is 11.9. The molecule has 0 spiro atoms. The van der Waals surface area contributed by atoms with Gasteiger partial charge in [0, 0.05) is 6.07 Å². The van der Waals surface area contributed by atoms with Gasteiger partial charge in [0.25, 0.3) is 0 Å². The van der Waals surface area contributed by atoms with E-state index in [4.69, 9.17) is 0 Å². The fourth-order valence-corrected chi connectivity index (χ4v) is 0.396. The van der Waals surface area contributed by atoms with Gasteiger partial charge in [0.2, 0.25) is 0 Å². The van der Waals surface area contributed by atoms with Crippen molar-refractivity contribution in [2.75, 3.05) is 0 Å². The zero-order chi connectivity index (χ0) is 5.98. The molecule has 0 aliphatic carbocycles. The third-order valence-electron chi connectivity index (χ3n) is 0.759. The predicted octanol–water partition coefficient (Wildman–Crippen LogP) is 1.12. The Balaban J connectivity index is 0.000000640. The van der Waals surface area contributed by atoms with E-state index in [9.17, 15) is 8.78 Å². The topological polar surface area (TPSA) is 0 Å². The summed E-state index contributed by atoms with van der Waals surface area (Å²) < 4.78 is 23.8. The maximum atomic E-state index is 11.9. The Kier molecular flexibility index (Phi) is 3.52. The summed E-state index contributed by atoms with van der Waals surface area (Å²) in [5, 5.41) is 0. The first-order valence-corrected chi connectivity index (χ1v) is 2.12. The summed E-state index contributed by atoms with van der Waals surface area (Å²) in [5.74, 6) is -1.78. The summed E-state index contributed by atoms with van der Waals surface area (Å²) in [5.41, 5.74) is 0. The average molecular weight is 121 g/mol. The van der Waals surface area contributed by atoms with Crippen LogP contribution in [0.25, 0.3) is 0 Å². The summed E-state index contributed by atoms with van der Waals surface area (Å²) in [6.07, 6.45) is 0. The van der Waals surface area contributed by atoms with Crippen molar-refractivity contribution in [3.63, 3.8) is 0 Å². The Hall–Kier alpha value is -0.323. The van der Waals surface area contributed by atoms with Crippen LogP contribution in [0.5, 0.6) is 0 Å². The van der Waals surface area contributed by atoms with Crippen molar-refractivity contribution >= 4 is 18.9 Å². The second-order valence-corrected chi connectivity index (χ2v) is 1.33. The van der Waals surface area contributed by atoms with Gasteiger partial charge in [0.15, 0.2) is 11.6 Å². The van der Waals surface area contributed by atoms with Crippen LogP contribution in [-0.4, -0.2) is 18.9 Å². The molecule has 0 nitrogen and oxygen atoms in total. The summed E-state index contributed by atoms with van der Waals surface area (Å²) in [7, 11) is 0. The normalized spacial score (nSPS) is 8.22. The quantitative estimate of drug-likeness (QED) is 0.451. The molecule has 0 fully saturated rings. The first kappa shape index (κ1) is 8.68. The van der Waals surface area contributed by atoms with Crippen LogP contribution in [0.15, 0.2) is 18.2 Å². The average Bonchev–Trinajstić information content (AvgIpc) is 1.77. The molecule has 0 aliphatic heterocycles. The molecular formula is C6H4F2Li. The number of hydrogen-bond donors (Lipinski definition) is 0. The van der Waals surface area contributed by atoms with E-state index in [1.165, 1.54) is 12.1 Å². The third-order valence-corrected chi connectivity index (χ3v) is 0.759. The first-order chi connectivity index (χ1) is 3.80. The Morgan fingerprint density at radius 1 is 1.33 bits per heavy atom. The van der Waals surface area contributed by atoms with Crippen molar-refractivity contribution < 1.29 is 8.78 Å². The van der Waals surface area contributed by atoms with Gasteiger partial charge in [-0.05, 0) is 6.07 Å². The molecule has 0 N–H and O–H groups in total. The van der Waals surface area contributed by atoms with Crippen molar-refractivity contribution in [2.24, 2.45) is 0 Å². The molecule has 3 heteroatoms. The summed E-state index contributed by atoms with van der Waals surface area (Å²) in [6.45, 7) is 0. The molecule has 1 aromatic carbocycles. The van der Waals surface area contributed by atoms with Gasteiger partial charge >= 0.3 is 18.9 Å². The minimum atomic E-state index is -0.924. The van der Waals surface area contributed by atoms with Crippen molar-refractivity contribution in [1.82, 2.24) is 0 Å². The number of hydrogen-bond acceptors (Lipinski definition) is 0. The molecule has 1 radical (unpaired) electrons. The van der Waals surface area contributed by atoms with Crippen LogP contribution in [0.2, 0.25) is 0 Å². The molecule has 0 amide bonds. The molecule has 0 unspecified atom stereocenters. The summed E-state index contributed by atoms with van der Waals surface area (Å²) in [6, 6.07) is 5.81. The van der Waals surface area contributed by atoms with Crippen LogP contribution >= 0.6 is 0 Å². The predicted molar refractivity (Wildman–Crippen MR) is 32.3 cm³/mol. The fraction of sp³-hybridized carbons (Fsp3) is 0. The van der Waals surface area contributed by atoms with Crippen molar-refractivity contribution in [2.45, 2.75) is 0 Å². The van der Waals surface area contributed by atoms with E-state index in [1.807, 2.05) is 0 Å². The fourth-order valence-electron chi connectivity index (χ4n) is 0.396. The zero-order valence-electron chi connectivity index (χ0n) is 3.99. The molecule has 0 saturated carbocycles. The Bertz CT molecular complexity index is 167. The molecule has 0 aliphatic rings. The Labute approximate surface area is 64.1 Å². The minimum absolute atomic E-state index is 0. The molecule has 1 rings (SSSR count). The Morgan fingerprint density at radius 3 is 2.33 bits per heavy atom. The van der Waals surface area contributed by atoms with E-state index >= 15 is 0 Å². The molecule has 0 bridgehead atoms. The molecule has 43 valence electrons. The molecule has 9 heavy (non-hydrogen) atoms. The van der Waals surface area contributed by atoms with E-state index in [-0.39, 0.29) is 18.9 Å². The summed E-state index contributed by atoms with van der Waals surface area (Å²) in [4.78, 5) is 0. The number of halogens is 2. The van der Waals surface area contributed by atoms with Crippen LogP contribution < -0.4 is 0 Å². The van der Waals surface area contributed by atoms with E-state index in [1.54, 1.807) is 0 Å². The standard InChI is InChI=1S/C6H3F2.Li.H/c7-5-3-1-2-4-6(5)8;;/h1-3H;;. The molecular weight excluding hydrogens is 117 g/mol. The van der Waals surface area contributed by atoms with Gasteiger partial charge in [-0.3, -0.25) is 0 Å². The van der Waals surface area contributed by atoms with Crippen molar-refractivity contribution in [1.29, 1.82) is 0 Å². The van der Waals surface area contributed by atoms with Gasteiger partial charge in [-0.15, -0.1) is 0 Å². The summed E-state index contributed by atoms with van der Waals surface area (Å²) >= 11 is 0. The molecule has 1 aromatic rings. The second kappa shape index (κ2) is 3.66. The van der Waals surface area contributed by atoms with Gasteiger partial charge in [-0.2, -0.15) is 0 Å². The Morgan fingerprint density at radius 2 is 2.00 bits per heavy atom. The van der Waals surface area contributed by atoms with Gasteiger partial charge in [0.1, 0.15) is 0 Å². The molecule has 0 saturated heterocycles. The molecule has 0 aromatic heterocycles. The van der Waals surface area contributed by atoms with E-state index < -0.39 is 11.6 Å². The number of benzene rings is 1. The molecule has 0 atom stereocenters. The second-order valence-electron chi connectivity index (χ2n) is 1.33. The third kappa shape index (κ3) is 2.17. The van der Waals surface area contributed by atoms with Crippen LogP contribution in [0, 0.1) is 17.7 Å². The van der Waals surface area contributed by atoms with Crippen molar-refractivity contribution in [3.05, 3.63) is 35.9 Å². The van der Waals surface area contributed by atoms with E-state index in [2.05, 4.69) is 6.07 Å². The van der Waals surface area contributed by atoms with Crippen LogP contribution in [0.3, 0.4) is 0 Å². The monoisotopic (exact) mass is 121 g/mol. The van der Waals surface area contributed by atoms with Crippen LogP contribution in [-0.2, 0) is 0 Å². The number of rotatable bonds is 0. The van der Waals surface area contributed by atoms with Gasteiger partial charge in [-0.25, -0.2) is 8.78 Å². The van der Waals surface area contributed by atoms with Gasteiger partial charge in [0.05, 0.1) is 0 Å². The zero-order valence-corrected chi connectivity index (χ0v) is 3.99. The van der Waals surface area contributed by atoms with Crippen LogP contribution in [0.1, 0.15) is 0 Å².